The number of hydrogen-bond donors (Lipinski definition) is 1. The molecule has 0 radical (unpaired) electrons. The summed E-state index contributed by atoms with van der Waals surface area (Å²) in [6.45, 7) is 0.812. The standard InChI is InChI=1S/C11H12FN3O4/c1-19-11(16)14-5-7(6-14)13-10-3-2-8(15(17)18)4-9(10)12/h2-4,7,13H,5-6H2,1H3. The predicted molar refractivity (Wildman–Crippen MR) is 64.4 cm³/mol. The normalized spacial score (nSPS) is 14.7. The lowest BCUT2D eigenvalue weighted by Crippen LogP contribution is -2.57. The number of non-ortho nitro benzene ring substituents is 1. The summed E-state index contributed by atoms with van der Waals surface area (Å²) in [4.78, 5) is 22.4. The quantitative estimate of drug-likeness (QED) is 0.665. The van der Waals surface area contributed by atoms with E-state index >= 15 is 0 Å². The molecule has 0 saturated carbocycles. The summed E-state index contributed by atoms with van der Waals surface area (Å²) in [5.41, 5.74) is -0.118. The highest BCUT2D eigenvalue weighted by Crippen LogP contribution is 2.23. The van der Waals surface area contributed by atoms with Crippen molar-refractivity contribution in [2.24, 2.45) is 0 Å². The highest BCUT2D eigenvalue weighted by molar-refractivity contribution is 5.69. The largest absolute Gasteiger partial charge is 0.453 e. The van der Waals surface area contributed by atoms with Crippen molar-refractivity contribution in [2.45, 2.75) is 6.04 Å². The third kappa shape index (κ3) is 2.72. The van der Waals surface area contributed by atoms with Gasteiger partial charge in [-0.2, -0.15) is 0 Å². The van der Waals surface area contributed by atoms with Crippen LogP contribution in [-0.2, 0) is 4.74 Å². The fraction of sp³-hybridized carbons (Fsp3) is 0.364. The molecule has 2 rings (SSSR count). The molecule has 7 nitrogen and oxygen atoms in total. The average molecular weight is 269 g/mol. The minimum Gasteiger partial charge on any atom is -0.453 e. The number of ether oxygens (including phenoxy) is 1. The first kappa shape index (κ1) is 13.1. The molecule has 1 aromatic carbocycles. The molecule has 102 valence electrons. The van der Waals surface area contributed by atoms with Crippen molar-refractivity contribution in [1.82, 2.24) is 4.90 Å². The average Bonchev–Trinajstić information content (AvgIpc) is 2.33. The summed E-state index contributed by atoms with van der Waals surface area (Å²) < 4.78 is 18.1. The second-order valence-electron chi connectivity index (χ2n) is 4.14. The van der Waals surface area contributed by atoms with Crippen molar-refractivity contribution in [3.8, 4) is 0 Å². The van der Waals surface area contributed by atoms with Gasteiger partial charge in [0.2, 0.25) is 0 Å². The van der Waals surface area contributed by atoms with E-state index < -0.39 is 16.8 Å². The minimum absolute atomic E-state index is 0.0879. The van der Waals surface area contributed by atoms with E-state index in [1.54, 1.807) is 0 Å². The topological polar surface area (TPSA) is 84.7 Å². The summed E-state index contributed by atoms with van der Waals surface area (Å²) >= 11 is 0. The van der Waals surface area contributed by atoms with Gasteiger partial charge < -0.3 is 15.0 Å². The second kappa shape index (κ2) is 5.09. The van der Waals surface area contributed by atoms with Crippen LogP contribution < -0.4 is 5.32 Å². The molecule has 19 heavy (non-hydrogen) atoms. The summed E-state index contributed by atoms with van der Waals surface area (Å²) in [5.74, 6) is -0.689. The Bertz CT molecular complexity index is 517. The van der Waals surface area contributed by atoms with Gasteiger partial charge in [0.25, 0.3) is 5.69 Å². The molecule has 1 N–H and O–H groups in total. The van der Waals surface area contributed by atoms with Crippen molar-refractivity contribution < 1.29 is 18.8 Å². The van der Waals surface area contributed by atoms with Crippen LogP contribution in [0.1, 0.15) is 0 Å². The molecule has 0 aromatic heterocycles. The zero-order valence-electron chi connectivity index (χ0n) is 10.1. The number of nitro groups is 1. The van der Waals surface area contributed by atoms with Crippen LogP contribution >= 0.6 is 0 Å². The van der Waals surface area contributed by atoms with E-state index in [-0.39, 0.29) is 17.4 Å². The van der Waals surface area contributed by atoms with E-state index in [1.807, 2.05) is 0 Å². The zero-order valence-corrected chi connectivity index (χ0v) is 10.1. The van der Waals surface area contributed by atoms with Gasteiger partial charge in [-0.25, -0.2) is 9.18 Å². The van der Waals surface area contributed by atoms with Gasteiger partial charge in [0.1, 0.15) is 0 Å². The van der Waals surface area contributed by atoms with E-state index in [0.29, 0.717) is 13.1 Å². The third-order valence-electron chi connectivity index (χ3n) is 2.84. The Morgan fingerprint density at radius 1 is 1.58 bits per heavy atom. The number of rotatable bonds is 3. The Balaban J connectivity index is 1.95. The van der Waals surface area contributed by atoms with Crippen LogP contribution in [0.4, 0.5) is 20.6 Å². The van der Waals surface area contributed by atoms with Crippen LogP contribution in [0, 0.1) is 15.9 Å². The van der Waals surface area contributed by atoms with E-state index in [0.717, 1.165) is 6.07 Å². The number of amides is 1. The molecule has 1 aromatic rings. The predicted octanol–water partition coefficient (Wildman–Crippen LogP) is 1.60. The number of hydrogen-bond acceptors (Lipinski definition) is 5. The van der Waals surface area contributed by atoms with Crippen LogP contribution in [-0.4, -0.2) is 42.2 Å². The van der Waals surface area contributed by atoms with Crippen LogP contribution in [0.5, 0.6) is 0 Å². The van der Waals surface area contributed by atoms with E-state index in [4.69, 9.17) is 0 Å². The lowest BCUT2D eigenvalue weighted by molar-refractivity contribution is -0.385. The summed E-state index contributed by atoms with van der Waals surface area (Å²) in [7, 11) is 1.29. The second-order valence-corrected chi connectivity index (χ2v) is 4.14. The number of nitrogens with one attached hydrogen (secondary N) is 1. The van der Waals surface area contributed by atoms with Crippen LogP contribution in [0.3, 0.4) is 0 Å². The summed E-state index contributed by atoms with van der Waals surface area (Å²) in [6.07, 6.45) is -0.428. The van der Waals surface area contributed by atoms with E-state index in [1.165, 1.54) is 24.1 Å². The monoisotopic (exact) mass is 269 g/mol. The summed E-state index contributed by atoms with van der Waals surface area (Å²) in [5, 5.41) is 13.3. The molecular weight excluding hydrogens is 257 g/mol. The number of carbonyl (C=O) groups is 1. The number of anilines is 1. The molecule has 1 saturated heterocycles. The van der Waals surface area contributed by atoms with Crippen molar-refractivity contribution in [3.63, 3.8) is 0 Å². The molecule has 1 fully saturated rings. The maximum absolute atomic E-state index is 13.6. The van der Waals surface area contributed by atoms with Crippen LogP contribution in [0.15, 0.2) is 18.2 Å². The maximum atomic E-state index is 13.6. The molecule has 0 bridgehead atoms. The number of benzene rings is 1. The van der Waals surface area contributed by atoms with Gasteiger partial charge in [-0.15, -0.1) is 0 Å². The van der Waals surface area contributed by atoms with E-state index in [9.17, 15) is 19.3 Å². The first-order chi connectivity index (χ1) is 9.01. The Hall–Kier alpha value is -2.38. The molecule has 0 atom stereocenters. The van der Waals surface area contributed by atoms with Gasteiger partial charge >= 0.3 is 6.09 Å². The zero-order chi connectivity index (χ0) is 14.0. The van der Waals surface area contributed by atoms with Gasteiger partial charge in [-0.1, -0.05) is 0 Å². The van der Waals surface area contributed by atoms with Gasteiger partial charge in [0.15, 0.2) is 5.82 Å². The number of nitrogens with zero attached hydrogens (tertiary/aromatic N) is 2. The Morgan fingerprint density at radius 3 is 2.79 bits per heavy atom. The number of methoxy groups -OCH3 is 1. The molecule has 0 spiro atoms. The molecule has 1 aliphatic heterocycles. The van der Waals surface area contributed by atoms with E-state index in [2.05, 4.69) is 10.1 Å². The smallest absolute Gasteiger partial charge is 0.409 e. The van der Waals surface area contributed by atoms with Crippen LogP contribution in [0.25, 0.3) is 0 Å². The van der Waals surface area contributed by atoms with Crippen molar-refractivity contribution in [3.05, 3.63) is 34.1 Å². The first-order valence-electron chi connectivity index (χ1n) is 5.54. The Labute approximate surface area is 108 Å². The SMILES string of the molecule is COC(=O)N1CC(Nc2ccc([N+](=O)[O-])cc2F)C1. The van der Waals surface area contributed by atoms with Crippen molar-refractivity contribution >= 4 is 17.5 Å². The first-order valence-corrected chi connectivity index (χ1v) is 5.54. The number of halogens is 1. The fourth-order valence-electron chi connectivity index (χ4n) is 1.80. The molecule has 1 aliphatic rings. The number of nitro benzene ring substituents is 1. The molecule has 0 unspecified atom stereocenters. The molecular formula is C11H12FN3O4. The molecule has 0 aliphatic carbocycles. The van der Waals surface area contributed by atoms with Gasteiger partial charge in [-0.05, 0) is 6.07 Å². The highest BCUT2D eigenvalue weighted by atomic mass is 19.1. The van der Waals surface area contributed by atoms with Crippen molar-refractivity contribution in [1.29, 1.82) is 0 Å². The highest BCUT2D eigenvalue weighted by Gasteiger charge is 2.31. The van der Waals surface area contributed by atoms with Gasteiger partial charge in [0, 0.05) is 19.2 Å². The molecule has 1 heterocycles. The van der Waals surface area contributed by atoms with Gasteiger partial charge in [-0.3, -0.25) is 10.1 Å². The fourth-order valence-corrected chi connectivity index (χ4v) is 1.80. The minimum atomic E-state index is -0.689. The summed E-state index contributed by atoms with van der Waals surface area (Å²) in [6, 6.07) is 3.31. The number of likely N-dealkylation sites (tertiary alicyclic amines) is 1. The lowest BCUT2D eigenvalue weighted by Gasteiger charge is -2.38. The Morgan fingerprint density at radius 2 is 2.26 bits per heavy atom. The van der Waals surface area contributed by atoms with Crippen molar-refractivity contribution in [2.75, 3.05) is 25.5 Å². The van der Waals surface area contributed by atoms with Crippen LogP contribution in [0.2, 0.25) is 0 Å². The molecule has 8 heteroatoms. The Kier molecular flexibility index (Phi) is 3.50. The lowest BCUT2D eigenvalue weighted by atomic mass is 10.1. The van der Waals surface area contributed by atoms with Gasteiger partial charge in [0.05, 0.1) is 29.8 Å². The third-order valence-corrected chi connectivity index (χ3v) is 2.84. The molecule has 1 amide bonds. The number of carbonyl (C=O) groups excluding carboxylic acids is 1. The maximum Gasteiger partial charge on any atom is 0.409 e.